The van der Waals surface area contributed by atoms with Gasteiger partial charge in [0.1, 0.15) is 0 Å². The molecular formula is C6H7Cl2N5O. The van der Waals surface area contributed by atoms with E-state index in [9.17, 15) is 4.79 Å². The summed E-state index contributed by atoms with van der Waals surface area (Å²) in [5, 5.41) is -0.0624. The summed E-state index contributed by atoms with van der Waals surface area (Å²) in [5.74, 6) is -0.297. The third-order valence-corrected chi connectivity index (χ3v) is 1.64. The first-order chi connectivity index (χ1) is 6.49. The zero-order chi connectivity index (χ0) is 10.7. The topological polar surface area (TPSA) is 85.0 Å². The number of halogens is 2. The normalized spacial score (nSPS) is 9.93. The lowest BCUT2D eigenvalue weighted by Crippen LogP contribution is -2.31. The van der Waals surface area contributed by atoms with Crippen LogP contribution in [0.1, 0.15) is 0 Å². The van der Waals surface area contributed by atoms with Crippen molar-refractivity contribution in [3.8, 4) is 0 Å². The number of rotatable bonds is 3. The molecule has 0 bridgehead atoms. The van der Waals surface area contributed by atoms with Crippen LogP contribution in [-0.4, -0.2) is 34.5 Å². The summed E-state index contributed by atoms with van der Waals surface area (Å²) < 4.78 is 0. The molecule has 6 nitrogen and oxygen atoms in total. The van der Waals surface area contributed by atoms with Crippen LogP contribution in [0.5, 0.6) is 0 Å². The largest absolute Gasteiger partial charge is 0.368 e. The Morgan fingerprint density at radius 1 is 1.36 bits per heavy atom. The molecule has 0 aromatic carbocycles. The van der Waals surface area contributed by atoms with Crippen molar-refractivity contribution >= 4 is 35.1 Å². The number of nitrogens with two attached hydrogens (primary N) is 1. The fraction of sp³-hybridized carbons (Fsp3) is 0.333. The molecule has 0 spiro atoms. The highest BCUT2D eigenvalue weighted by Gasteiger charge is 2.09. The summed E-state index contributed by atoms with van der Waals surface area (Å²) >= 11 is 11.1. The molecular weight excluding hydrogens is 229 g/mol. The average Bonchev–Trinajstić information content (AvgIpc) is 2.00. The maximum Gasteiger partial charge on any atom is 0.237 e. The number of likely N-dealkylation sites (N-methyl/N-ethyl adjacent to an activating group) is 1. The lowest BCUT2D eigenvalue weighted by atomic mass is 10.5. The van der Waals surface area contributed by atoms with Gasteiger partial charge in [-0.05, 0) is 23.2 Å². The minimum Gasteiger partial charge on any atom is -0.368 e. The van der Waals surface area contributed by atoms with Crippen LogP contribution in [0.15, 0.2) is 0 Å². The van der Waals surface area contributed by atoms with E-state index in [4.69, 9.17) is 28.9 Å². The molecule has 14 heavy (non-hydrogen) atoms. The SMILES string of the molecule is CN(CC(N)=O)c1nc(Cl)nc(Cl)n1. The van der Waals surface area contributed by atoms with E-state index in [1.165, 1.54) is 4.90 Å². The van der Waals surface area contributed by atoms with E-state index in [1.54, 1.807) is 7.05 Å². The number of hydrogen-bond donors (Lipinski definition) is 1. The van der Waals surface area contributed by atoms with Gasteiger partial charge in [0.05, 0.1) is 6.54 Å². The van der Waals surface area contributed by atoms with Gasteiger partial charge in [-0.2, -0.15) is 15.0 Å². The van der Waals surface area contributed by atoms with Crippen molar-refractivity contribution in [2.24, 2.45) is 5.73 Å². The van der Waals surface area contributed by atoms with Gasteiger partial charge in [0, 0.05) is 7.05 Å². The lowest BCUT2D eigenvalue weighted by molar-refractivity contribution is -0.116. The van der Waals surface area contributed by atoms with Crippen molar-refractivity contribution in [2.45, 2.75) is 0 Å². The highest BCUT2D eigenvalue weighted by Crippen LogP contribution is 2.11. The monoisotopic (exact) mass is 235 g/mol. The Morgan fingerprint density at radius 3 is 2.29 bits per heavy atom. The Labute approximate surface area is 90.1 Å². The standard InChI is InChI=1S/C6H7Cl2N5O/c1-13(2-3(9)14)6-11-4(7)10-5(8)12-6/h2H2,1H3,(H2,9,14). The van der Waals surface area contributed by atoms with Gasteiger partial charge in [-0.15, -0.1) is 0 Å². The third-order valence-electron chi connectivity index (χ3n) is 1.30. The zero-order valence-electron chi connectivity index (χ0n) is 7.24. The van der Waals surface area contributed by atoms with Crippen LogP contribution in [0.3, 0.4) is 0 Å². The molecule has 0 unspecified atom stereocenters. The Balaban J connectivity index is 2.89. The quantitative estimate of drug-likeness (QED) is 0.804. The molecule has 8 heteroatoms. The number of hydrogen-bond acceptors (Lipinski definition) is 5. The van der Waals surface area contributed by atoms with Crippen LogP contribution >= 0.6 is 23.2 Å². The summed E-state index contributed by atoms with van der Waals surface area (Å²) in [6.45, 7) is -0.0172. The van der Waals surface area contributed by atoms with Crippen molar-refractivity contribution in [1.82, 2.24) is 15.0 Å². The first-order valence-electron chi connectivity index (χ1n) is 3.55. The minimum absolute atomic E-state index is 0.0172. The summed E-state index contributed by atoms with van der Waals surface area (Å²) in [6.07, 6.45) is 0. The summed E-state index contributed by atoms with van der Waals surface area (Å²) in [6, 6.07) is 0. The smallest absolute Gasteiger partial charge is 0.237 e. The van der Waals surface area contributed by atoms with Gasteiger partial charge in [0.2, 0.25) is 22.4 Å². The number of nitrogens with zero attached hydrogens (tertiary/aromatic N) is 4. The van der Waals surface area contributed by atoms with Gasteiger partial charge >= 0.3 is 0 Å². The van der Waals surface area contributed by atoms with Gasteiger partial charge in [0.15, 0.2) is 0 Å². The van der Waals surface area contributed by atoms with Gasteiger partial charge in [-0.1, -0.05) is 0 Å². The first-order valence-corrected chi connectivity index (χ1v) is 4.31. The maximum absolute atomic E-state index is 10.6. The molecule has 0 aliphatic heterocycles. The third kappa shape index (κ3) is 2.97. The van der Waals surface area contributed by atoms with Gasteiger partial charge < -0.3 is 10.6 Å². The highest BCUT2D eigenvalue weighted by atomic mass is 35.5. The van der Waals surface area contributed by atoms with Crippen molar-refractivity contribution in [2.75, 3.05) is 18.5 Å². The Hall–Kier alpha value is -1.14. The van der Waals surface area contributed by atoms with Crippen molar-refractivity contribution in [3.63, 3.8) is 0 Å². The van der Waals surface area contributed by atoms with Crippen LogP contribution in [0, 0.1) is 0 Å². The second-order valence-electron chi connectivity index (χ2n) is 2.50. The molecule has 0 atom stereocenters. The van der Waals surface area contributed by atoms with Crippen molar-refractivity contribution in [3.05, 3.63) is 10.6 Å². The molecule has 1 heterocycles. The number of aromatic nitrogens is 3. The van der Waals surface area contributed by atoms with Gasteiger partial charge in [-0.3, -0.25) is 4.79 Å². The molecule has 76 valence electrons. The van der Waals surface area contributed by atoms with Crippen LogP contribution in [-0.2, 0) is 4.79 Å². The number of primary amides is 1. The van der Waals surface area contributed by atoms with Crippen LogP contribution in [0.2, 0.25) is 10.6 Å². The molecule has 0 aliphatic rings. The minimum atomic E-state index is -0.500. The highest BCUT2D eigenvalue weighted by molar-refractivity contribution is 6.31. The van der Waals surface area contributed by atoms with Crippen LogP contribution in [0.4, 0.5) is 5.95 Å². The predicted molar refractivity (Wildman–Crippen MR) is 52.3 cm³/mol. The van der Waals surface area contributed by atoms with Crippen LogP contribution in [0.25, 0.3) is 0 Å². The maximum atomic E-state index is 10.6. The fourth-order valence-electron chi connectivity index (χ4n) is 0.791. The molecule has 0 saturated carbocycles. The summed E-state index contributed by atoms with van der Waals surface area (Å²) in [4.78, 5) is 23.1. The van der Waals surface area contributed by atoms with E-state index in [1.807, 2.05) is 0 Å². The molecule has 1 aromatic rings. The van der Waals surface area contributed by atoms with Gasteiger partial charge in [-0.25, -0.2) is 0 Å². The summed E-state index contributed by atoms with van der Waals surface area (Å²) in [5.41, 5.74) is 4.99. The van der Waals surface area contributed by atoms with E-state index >= 15 is 0 Å². The molecule has 1 rings (SSSR count). The number of carbonyl (C=O) groups excluding carboxylic acids is 1. The molecule has 2 N–H and O–H groups in total. The molecule has 0 radical (unpaired) electrons. The average molecular weight is 236 g/mol. The van der Waals surface area contributed by atoms with Crippen LogP contribution < -0.4 is 10.6 Å². The molecule has 0 fully saturated rings. The zero-order valence-corrected chi connectivity index (χ0v) is 8.75. The van der Waals surface area contributed by atoms with E-state index in [0.29, 0.717) is 0 Å². The molecule has 1 aromatic heterocycles. The first kappa shape index (κ1) is 10.9. The lowest BCUT2D eigenvalue weighted by Gasteiger charge is -2.14. The van der Waals surface area contributed by atoms with Gasteiger partial charge in [0.25, 0.3) is 0 Å². The molecule has 1 amide bonds. The Kier molecular flexibility index (Phi) is 3.43. The van der Waals surface area contributed by atoms with Crippen molar-refractivity contribution in [1.29, 1.82) is 0 Å². The van der Waals surface area contributed by atoms with E-state index in [2.05, 4.69) is 15.0 Å². The second-order valence-corrected chi connectivity index (χ2v) is 3.17. The fourth-order valence-corrected chi connectivity index (χ4v) is 1.15. The molecule has 0 saturated heterocycles. The van der Waals surface area contributed by atoms with E-state index in [0.717, 1.165) is 0 Å². The Bertz CT molecular complexity index is 338. The number of anilines is 1. The number of amides is 1. The predicted octanol–water partition coefficient (Wildman–Crippen LogP) is 0.0999. The van der Waals surface area contributed by atoms with E-state index in [-0.39, 0.29) is 23.1 Å². The Morgan fingerprint density at radius 2 is 1.86 bits per heavy atom. The van der Waals surface area contributed by atoms with Crippen molar-refractivity contribution < 1.29 is 4.79 Å². The van der Waals surface area contributed by atoms with E-state index < -0.39 is 5.91 Å². The summed E-state index contributed by atoms with van der Waals surface area (Å²) in [7, 11) is 1.59. The number of carbonyl (C=O) groups is 1. The molecule has 0 aliphatic carbocycles. The second kappa shape index (κ2) is 4.39.